The molecule has 0 atom stereocenters. The molecule has 2 aromatic rings. The second-order valence-corrected chi connectivity index (χ2v) is 6.26. The second kappa shape index (κ2) is 8.47. The first-order chi connectivity index (χ1) is 12.6. The Hall–Kier alpha value is -2.89. The number of ether oxygens (including phenoxy) is 1. The molecule has 0 spiro atoms. The molecule has 1 saturated carbocycles. The second-order valence-electron chi connectivity index (χ2n) is 6.26. The van der Waals surface area contributed by atoms with Gasteiger partial charge < -0.3 is 15.0 Å². The number of nitrogens with one attached hydrogen (secondary N) is 1. The normalized spacial score (nSPS) is 13.1. The van der Waals surface area contributed by atoms with Crippen molar-refractivity contribution in [3.05, 3.63) is 66.0 Å². The Morgan fingerprint density at radius 1 is 1.08 bits per heavy atom. The van der Waals surface area contributed by atoms with Crippen LogP contribution in [0.3, 0.4) is 0 Å². The summed E-state index contributed by atoms with van der Waals surface area (Å²) in [6, 6.07) is 15.3. The van der Waals surface area contributed by atoms with Crippen LogP contribution in [-0.2, 0) is 16.1 Å². The lowest BCUT2D eigenvalue weighted by molar-refractivity contribution is -0.134. The maximum atomic E-state index is 13.0. The Balaban J connectivity index is 1.47. The lowest BCUT2D eigenvalue weighted by Crippen LogP contribution is -2.42. The Labute approximate surface area is 151 Å². The molecule has 26 heavy (non-hydrogen) atoms. The minimum atomic E-state index is -0.347. The summed E-state index contributed by atoms with van der Waals surface area (Å²) in [6.07, 6.45) is 1.91. The molecule has 0 heterocycles. The predicted molar refractivity (Wildman–Crippen MR) is 94.9 cm³/mol. The van der Waals surface area contributed by atoms with E-state index in [0.29, 0.717) is 12.3 Å². The van der Waals surface area contributed by atoms with Crippen LogP contribution in [0.2, 0.25) is 0 Å². The quantitative estimate of drug-likeness (QED) is 0.791. The van der Waals surface area contributed by atoms with Gasteiger partial charge in [-0.25, -0.2) is 4.39 Å². The van der Waals surface area contributed by atoms with Crippen LogP contribution in [0, 0.1) is 5.82 Å². The van der Waals surface area contributed by atoms with E-state index in [0.717, 1.165) is 18.4 Å². The zero-order chi connectivity index (χ0) is 18.4. The molecule has 5 nitrogen and oxygen atoms in total. The summed E-state index contributed by atoms with van der Waals surface area (Å²) < 4.78 is 18.4. The van der Waals surface area contributed by atoms with Crippen molar-refractivity contribution in [2.75, 3.05) is 13.2 Å². The van der Waals surface area contributed by atoms with Gasteiger partial charge in [0.2, 0.25) is 5.91 Å². The van der Waals surface area contributed by atoms with Crippen LogP contribution in [-0.4, -0.2) is 35.9 Å². The molecule has 1 aliphatic rings. The van der Waals surface area contributed by atoms with Gasteiger partial charge in [0.05, 0.1) is 6.54 Å². The number of hydrogen-bond acceptors (Lipinski definition) is 3. The van der Waals surface area contributed by atoms with E-state index in [-0.39, 0.29) is 36.8 Å². The molecule has 1 fully saturated rings. The molecular weight excluding hydrogens is 335 g/mol. The van der Waals surface area contributed by atoms with Crippen LogP contribution in [0.1, 0.15) is 18.4 Å². The van der Waals surface area contributed by atoms with Gasteiger partial charge in [-0.2, -0.15) is 0 Å². The topological polar surface area (TPSA) is 58.6 Å². The number of rotatable bonds is 8. The Morgan fingerprint density at radius 2 is 1.77 bits per heavy atom. The van der Waals surface area contributed by atoms with Gasteiger partial charge >= 0.3 is 0 Å². The van der Waals surface area contributed by atoms with Crippen molar-refractivity contribution >= 4 is 11.8 Å². The average Bonchev–Trinajstić information content (AvgIpc) is 3.50. The fourth-order valence-electron chi connectivity index (χ4n) is 2.59. The van der Waals surface area contributed by atoms with Crippen LogP contribution < -0.4 is 10.1 Å². The number of halogens is 1. The number of carbonyl (C=O) groups is 2. The monoisotopic (exact) mass is 356 g/mol. The zero-order valence-electron chi connectivity index (χ0n) is 14.4. The molecule has 0 unspecified atom stereocenters. The molecule has 6 heteroatoms. The predicted octanol–water partition coefficient (Wildman–Crippen LogP) is 2.51. The average molecular weight is 356 g/mol. The number of amides is 2. The highest BCUT2D eigenvalue weighted by molar-refractivity contribution is 5.85. The fourth-order valence-corrected chi connectivity index (χ4v) is 2.59. The van der Waals surface area contributed by atoms with E-state index in [9.17, 15) is 14.0 Å². The first-order valence-electron chi connectivity index (χ1n) is 8.60. The van der Waals surface area contributed by atoms with Crippen molar-refractivity contribution in [1.29, 1.82) is 0 Å². The van der Waals surface area contributed by atoms with E-state index in [1.54, 1.807) is 29.2 Å². The number of carbonyl (C=O) groups excluding carboxylic acids is 2. The Kier molecular flexibility index (Phi) is 5.84. The van der Waals surface area contributed by atoms with E-state index in [1.165, 1.54) is 12.1 Å². The molecule has 0 saturated heterocycles. The summed E-state index contributed by atoms with van der Waals surface area (Å²) in [6.45, 7) is 0.202. The fraction of sp³-hybridized carbons (Fsp3) is 0.300. The maximum Gasteiger partial charge on any atom is 0.258 e. The molecule has 2 amide bonds. The third kappa shape index (κ3) is 5.31. The molecule has 0 aromatic heterocycles. The first-order valence-corrected chi connectivity index (χ1v) is 8.60. The summed E-state index contributed by atoms with van der Waals surface area (Å²) in [5.41, 5.74) is 0.866. The minimum absolute atomic E-state index is 0.0747. The van der Waals surface area contributed by atoms with Gasteiger partial charge in [0, 0.05) is 12.6 Å². The van der Waals surface area contributed by atoms with Crippen LogP contribution >= 0.6 is 0 Å². The Morgan fingerprint density at radius 3 is 2.42 bits per heavy atom. The number of para-hydroxylation sites is 1. The summed E-state index contributed by atoms with van der Waals surface area (Å²) in [5, 5.41) is 2.60. The van der Waals surface area contributed by atoms with E-state index in [4.69, 9.17) is 4.74 Å². The van der Waals surface area contributed by atoms with Crippen molar-refractivity contribution in [3.63, 3.8) is 0 Å². The first kappa shape index (κ1) is 17.9. The number of hydrogen-bond donors (Lipinski definition) is 1. The maximum absolute atomic E-state index is 13.0. The molecule has 0 bridgehead atoms. The SMILES string of the molecule is O=C(COc1ccccc1)NCC(=O)N(Cc1ccc(F)cc1)C1CC1. The Bertz CT molecular complexity index is 745. The molecular formula is C20H21FN2O3. The molecule has 0 radical (unpaired) electrons. The van der Waals surface area contributed by atoms with Gasteiger partial charge in [0.15, 0.2) is 6.61 Å². The molecule has 2 aromatic carbocycles. The highest BCUT2D eigenvalue weighted by Gasteiger charge is 2.32. The third-order valence-electron chi connectivity index (χ3n) is 4.12. The van der Waals surface area contributed by atoms with Crippen molar-refractivity contribution in [3.8, 4) is 5.75 Å². The van der Waals surface area contributed by atoms with E-state index >= 15 is 0 Å². The van der Waals surface area contributed by atoms with Gasteiger partial charge in [-0.3, -0.25) is 9.59 Å². The van der Waals surface area contributed by atoms with E-state index < -0.39 is 0 Å². The molecule has 1 aliphatic carbocycles. The lowest BCUT2D eigenvalue weighted by Gasteiger charge is -2.23. The van der Waals surface area contributed by atoms with Crippen molar-refractivity contribution in [2.45, 2.75) is 25.4 Å². The highest BCUT2D eigenvalue weighted by atomic mass is 19.1. The zero-order valence-corrected chi connectivity index (χ0v) is 14.4. The van der Waals surface area contributed by atoms with Gasteiger partial charge in [-0.05, 0) is 42.7 Å². The van der Waals surface area contributed by atoms with Crippen molar-refractivity contribution in [2.24, 2.45) is 0 Å². The largest absolute Gasteiger partial charge is 0.484 e. The summed E-state index contributed by atoms with van der Waals surface area (Å²) >= 11 is 0. The van der Waals surface area contributed by atoms with Gasteiger partial charge in [-0.1, -0.05) is 30.3 Å². The van der Waals surface area contributed by atoms with Crippen molar-refractivity contribution in [1.82, 2.24) is 10.2 Å². The van der Waals surface area contributed by atoms with Gasteiger partial charge in [0.25, 0.3) is 5.91 Å². The summed E-state index contributed by atoms with van der Waals surface area (Å²) in [4.78, 5) is 26.1. The van der Waals surface area contributed by atoms with Crippen molar-refractivity contribution < 1.29 is 18.7 Å². The standard InChI is InChI=1S/C20H21FN2O3/c21-16-8-6-15(7-9-16)13-23(17-10-11-17)20(25)12-22-19(24)14-26-18-4-2-1-3-5-18/h1-9,17H,10-14H2,(H,22,24). The third-order valence-corrected chi connectivity index (χ3v) is 4.12. The lowest BCUT2D eigenvalue weighted by atomic mass is 10.2. The molecule has 0 aliphatic heterocycles. The smallest absolute Gasteiger partial charge is 0.258 e. The minimum Gasteiger partial charge on any atom is -0.484 e. The van der Waals surface area contributed by atoms with Gasteiger partial charge in [0.1, 0.15) is 11.6 Å². The van der Waals surface area contributed by atoms with Crippen LogP contribution in [0.4, 0.5) is 4.39 Å². The van der Waals surface area contributed by atoms with Crippen LogP contribution in [0.25, 0.3) is 0 Å². The van der Waals surface area contributed by atoms with E-state index in [2.05, 4.69) is 5.32 Å². The molecule has 136 valence electrons. The molecule has 3 rings (SSSR count). The number of nitrogens with zero attached hydrogens (tertiary/aromatic N) is 1. The van der Waals surface area contributed by atoms with Crippen LogP contribution in [0.5, 0.6) is 5.75 Å². The van der Waals surface area contributed by atoms with Gasteiger partial charge in [-0.15, -0.1) is 0 Å². The summed E-state index contributed by atoms with van der Waals surface area (Å²) in [5.74, 6) is -0.196. The van der Waals surface area contributed by atoms with Crippen LogP contribution in [0.15, 0.2) is 54.6 Å². The van der Waals surface area contributed by atoms with E-state index in [1.807, 2.05) is 18.2 Å². The summed E-state index contributed by atoms with van der Waals surface area (Å²) in [7, 11) is 0. The molecule has 1 N–H and O–H groups in total. The highest BCUT2D eigenvalue weighted by Crippen LogP contribution is 2.28. The number of benzene rings is 2.